The van der Waals surface area contributed by atoms with Crippen LogP contribution >= 0.6 is 0 Å². The zero-order valence-corrected chi connectivity index (χ0v) is 13.5. The molecule has 1 amide bonds. The molecule has 1 N–H and O–H groups in total. The molecule has 22 heavy (non-hydrogen) atoms. The van der Waals surface area contributed by atoms with E-state index < -0.39 is 0 Å². The predicted molar refractivity (Wildman–Crippen MR) is 84.9 cm³/mol. The van der Waals surface area contributed by atoms with Gasteiger partial charge in [-0.05, 0) is 26.3 Å². The molecule has 118 valence electrons. The number of aromatic nitrogens is 3. The number of carbonyl (C=O) groups excluding carboxylic acids is 1. The molecule has 0 saturated carbocycles. The largest absolute Gasteiger partial charge is 0.337 e. The van der Waals surface area contributed by atoms with Crippen LogP contribution in [0.4, 0.5) is 0 Å². The Kier molecular flexibility index (Phi) is 4.80. The number of hydrogen-bond donors (Lipinski definition) is 1. The average molecular weight is 302 g/mol. The topological polar surface area (TPSA) is 71.0 Å². The Bertz CT molecular complexity index is 730. The van der Waals surface area contributed by atoms with Crippen LogP contribution in [0.25, 0.3) is 0 Å². The average Bonchev–Trinajstić information content (AvgIpc) is 2.86. The number of amides is 1. The van der Waals surface area contributed by atoms with Crippen molar-refractivity contribution < 1.29 is 4.79 Å². The fraction of sp³-hybridized carbons (Fsp3) is 0.438. The number of aryl methyl sites for hydroxylation is 3. The quantitative estimate of drug-likeness (QED) is 0.914. The number of carbonyl (C=O) groups is 1. The Morgan fingerprint density at radius 2 is 2.09 bits per heavy atom. The highest BCUT2D eigenvalue weighted by Gasteiger charge is 2.15. The summed E-state index contributed by atoms with van der Waals surface area (Å²) in [6.45, 7) is 7.16. The van der Waals surface area contributed by atoms with Crippen molar-refractivity contribution in [3.05, 3.63) is 51.2 Å². The van der Waals surface area contributed by atoms with E-state index in [1.165, 1.54) is 6.07 Å². The predicted octanol–water partition coefficient (Wildman–Crippen LogP) is 1.73. The summed E-state index contributed by atoms with van der Waals surface area (Å²) in [7, 11) is 1.73. The van der Waals surface area contributed by atoms with E-state index in [1.54, 1.807) is 18.0 Å². The standard InChI is InChI=1S/C16H22N4O2/c1-5-14-7-12(8-15(21)17-14)16(22)19(4)9-13-10-20(6-2)18-11(13)3/h7-8,10H,5-6,9H2,1-4H3,(H,17,21). The molecular formula is C16H22N4O2. The summed E-state index contributed by atoms with van der Waals surface area (Å²) in [5.41, 5.74) is 2.87. The lowest BCUT2D eigenvalue weighted by Crippen LogP contribution is -2.27. The van der Waals surface area contributed by atoms with Crippen molar-refractivity contribution in [1.29, 1.82) is 0 Å². The van der Waals surface area contributed by atoms with E-state index in [0.717, 1.165) is 23.5 Å². The zero-order valence-electron chi connectivity index (χ0n) is 13.5. The van der Waals surface area contributed by atoms with Crippen molar-refractivity contribution >= 4 is 5.91 Å². The van der Waals surface area contributed by atoms with Crippen molar-refractivity contribution in [3.8, 4) is 0 Å². The fourth-order valence-corrected chi connectivity index (χ4v) is 2.34. The van der Waals surface area contributed by atoms with Crippen LogP contribution in [0.3, 0.4) is 0 Å². The summed E-state index contributed by atoms with van der Waals surface area (Å²) in [6, 6.07) is 3.09. The van der Waals surface area contributed by atoms with Gasteiger partial charge in [-0.3, -0.25) is 14.3 Å². The first kappa shape index (κ1) is 16.0. The lowest BCUT2D eigenvalue weighted by molar-refractivity contribution is 0.0784. The summed E-state index contributed by atoms with van der Waals surface area (Å²) in [6.07, 6.45) is 2.64. The van der Waals surface area contributed by atoms with Crippen LogP contribution in [-0.2, 0) is 19.5 Å². The number of nitrogens with zero attached hydrogens (tertiary/aromatic N) is 3. The monoisotopic (exact) mass is 302 g/mol. The van der Waals surface area contributed by atoms with E-state index in [2.05, 4.69) is 10.1 Å². The third kappa shape index (κ3) is 3.44. The molecule has 2 aromatic rings. The summed E-state index contributed by atoms with van der Waals surface area (Å²) >= 11 is 0. The molecule has 0 aliphatic rings. The number of H-pyrrole nitrogens is 1. The van der Waals surface area contributed by atoms with Gasteiger partial charge in [-0.2, -0.15) is 5.10 Å². The Balaban J connectivity index is 2.20. The van der Waals surface area contributed by atoms with Crippen LogP contribution in [-0.4, -0.2) is 32.6 Å². The van der Waals surface area contributed by atoms with Gasteiger partial charge >= 0.3 is 0 Å². The molecule has 2 heterocycles. The molecule has 6 nitrogen and oxygen atoms in total. The van der Waals surface area contributed by atoms with Gasteiger partial charge in [-0.15, -0.1) is 0 Å². The number of hydrogen-bond acceptors (Lipinski definition) is 3. The summed E-state index contributed by atoms with van der Waals surface area (Å²) in [5, 5.41) is 4.38. The molecular weight excluding hydrogens is 280 g/mol. The van der Waals surface area contributed by atoms with Gasteiger partial charge < -0.3 is 9.88 Å². The minimum Gasteiger partial charge on any atom is -0.337 e. The zero-order chi connectivity index (χ0) is 16.3. The van der Waals surface area contributed by atoms with E-state index in [1.807, 2.05) is 31.6 Å². The minimum atomic E-state index is -0.244. The van der Waals surface area contributed by atoms with Crippen LogP contribution in [0.5, 0.6) is 0 Å². The molecule has 2 rings (SSSR count). The maximum Gasteiger partial charge on any atom is 0.254 e. The third-order valence-corrected chi connectivity index (χ3v) is 3.65. The first-order valence-corrected chi connectivity index (χ1v) is 7.46. The third-order valence-electron chi connectivity index (χ3n) is 3.65. The molecule has 0 spiro atoms. The van der Waals surface area contributed by atoms with E-state index in [0.29, 0.717) is 18.5 Å². The number of aromatic amines is 1. The highest BCUT2D eigenvalue weighted by atomic mass is 16.2. The van der Waals surface area contributed by atoms with Crippen molar-refractivity contribution in [2.45, 2.75) is 40.3 Å². The van der Waals surface area contributed by atoms with Gasteiger partial charge in [-0.25, -0.2) is 0 Å². The molecule has 0 fully saturated rings. The molecule has 0 aliphatic heterocycles. The molecule has 0 unspecified atom stereocenters. The summed E-state index contributed by atoms with van der Waals surface area (Å²) in [5.74, 6) is -0.163. The molecule has 0 saturated heterocycles. The van der Waals surface area contributed by atoms with Crippen LogP contribution < -0.4 is 5.56 Å². The smallest absolute Gasteiger partial charge is 0.254 e. The molecule has 0 atom stereocenters. The van der Waals surface area contributed by atoms with Gasteiger partial charge in [0.05, 0.1) is 5.69 Å². The second-order valence-corrected chi connectivity index (χ2v) is 5.37. The second kappa shape index (κ2) is 6.60. The first-order chi connectivity index (χ1) is 10.4. The Morgan fingerprint density at radius 3 is 2.68 bits per heavy atom. The van der Waals surface area contributed by atoms with Crippen LogP contribution in [0.2, 0.25) is 0 Å². The minimum absolute atomic E-state index is 0.163. The number of rotatable bonds is 5. The summed E-state index contributed by atoms with van der Waals surface area (Å²) < 4.78 is 1.85. The van der Waals surface area contributed by atoms with Crippen molar-refractivity contribution in [2.24, 2.45) is 0 Å². The van der Waals surface area contributed by atoms with Gasteiger partial charge in [0.1, 0.15) is 0 Å². The van der Waals surface area contributed by atoms with E-state index in [4.69, 9.17) is 0 Å². The molecule has 2 aromatic heterocycles. The lowest BCUT2D eigenvalue weighted by atomic mass is 10.1. The Hall–Kier alpha value is -2.37. The normalized spacial score (nSPS) is 10.7. The van der Waals surface area contributed by atoms with Crippen molar-refractivity contribution in [1.82, 2.24) is 19.7 Å². The van der Waals surface area contributed by atoms with E-state index in [-0.39, 0.29) is 11.5 Å². The van der Waals surface area contributed by atoms with E-state index in [9.17, 15) is 9.59 Å². The van der Waals surface area contributed by atoms with Crippen molar-refractivity contribution in [3.63, 3.8) is 0 Å². The van der Waals surface area contributed by atoms with Gasteiger partial charge in [0.25, 0.3) is 5.91 Å². The van der Waals surface area contributed by atoms with Crippen molar-refractivity contribution in [2.75, 3.05) is 7.05 Å². The first-order valence-electron chi connectivity index (χ1n) is 7.46. The van der Waals surface area contributed by atoms with Gasteiger partial charge in [0, 0.05) is 49.2 Å². The molecule has 0 aromatic carbocycles. The van der Waals surface area contributed by atoms with Gasteiger partial charge in [0.15, 0.2) is 0 Å². The second-order valence-electron chi connectivity index (χ2n) is 5.37. The maximum absolute atomic E-state index is 12.5. The van der Waals surface area contributed by atoms with Crippen LogP contribution in [0.1, 0.15) is 41.2 Å². The molecule has 0 radical (unpaired) electrons. The maximum atomic E-state index is 12.5. The van der Waals surface area contributed by atoms with E-state index >= 15 is 0 Å². The highest BCUT2D eigenvalue weighted by molar-refractivity contribution is 5.94. The van der Waals surface area contributed by atoms with Crippen LogP contribution in [0, 0.1) is 6.92 Å². The number of pyridine rings is 1. The molecule has 6 heteroatoms. The highest BCUT2D eigenvalue weighted by Crippen LogP contribution is 2.11. The summed E-state index contributed by atoms with van der Waals surface area (Å²) in [4.78, 5) is 28.4. The lowest BCUT2D eigenvalue weighted by Gasteiger charge is -2.17. The number of nitrogens with one attached hydrogen (secondary N) is 1. The Morgan fingerprint density at radius 1 is 1.36 bits per heavy atom. The fourth-order valence-electron chi connectivity index (χ4n) is 2.34. The van der Waals surface area contributed by atoms with Gasteiger partial charge in [0.2, 0.25) is 5.56 Å². The Labute approximate surface area is 129 Å². The molecule has 0 bridgehead atoms. The van der Waals surface area contributed by atoms with Crippen LogP contribution in [0.15, 0.2) is 23.1 Å². The van der Waals surface area contributed by atoms with Gasteiger partial charge in [-0.1, -0.05) is 6.92 Å². The SMILES string of the molecule is CCc1cc(C(=O)N(C)Cc2cn(CC)nc2C)cc(=O)[nH]1. The molecule has 0 aliphatic carbocycles.